The third-order valence-corrected chi connectivity index (χ3v) is 3.31. The minimum atomic E-state index is -1.64. The van der Waals surface area contributed by atoms with E-state index in [-0.39, 0.29) is 0 Å². The first-order chi connectivity index (χ1) is 6.86. The Bertz CT molecular complexity index is 396. The standard InChI is InChI=1S/C13H16F2/c1-7-8(2)10(4)12(6-13(14)15)11(5)9(7)3/h6H,1-5H3. The quantitative estimate of drug-likeness (QED) is 0.641. The second kappa shape index (κ2) is 4.13. The van der Waals surface area contributed by atoms with Gasteiger partial charge in [-0.1, -0.05) is 0 Å². The predicted molar refractivity (Wildman–Crippen MR) is 60.3 cm³/mol. The Kier molecular flexibility index (Phi) is 3.28. The third kappa shape index (κ3) is 2.09. The molecule has 0 saturated heterocycles. The fourth-order valence-electron chi connectivity index (χ4n) is 1.85. The topological polar surface area (TPSA) is 0 Å². The second-order valence-electron chi connectivity index (χ2n) is 3.97. The van der Waals surface area contributed by atoms with Crippen LogP contribution >= 0.6 is 0 Å². The maximum Gasteiger partial charge on any atom is 0.270 e. The van der Waals surface area contributed by atoms with E-state index in [9.17, 15) is 8.78 Å². The van der Waals surface area contributed by atoms with Crippen LogP contribution in [0.25, 0.3) is 6.08 Å². The number of hydrogen-bond donors (Lipinski definition) is 0. The molecular weight excluding hydrogens is 194 g/mol. The third-order valence-electron chi connectivity index (χ3n) is 3.31. The molecule has 2 heteroatoms. The fraction of sp³-hybridized carbons (Fsp3) is 0.385. The summed E-state index contributed by atoms with van der Waals surface area (Å²) in [4.78, 5) is 0. The summed E-state index contributed by atoms with van der Waals surface area (Å²) in [6, 6.07) is 0. The molecular formula is C13H16F2. The van der Waals surface area contributed by atoms with Gasteiger partial charge in [0.15, 0.2) is 0 Å². The highest BCUT2D eigenvalue weighted by Crippen LogP contribution is 2.27. The van der Waals surface area contributed by atoms with Crippen LogP contribution < -0.4 is 0 Å². The maximum atomic E-state index is 12.3. The number of halogens is 2. The average Bonchev–Trinajstić information content (AvgIpc) is 2.18. The van der Waals surface area contributed by atoms with Gasteiger partial charge in [0.05, 0.1) is 0 Å². The molecule has 0 aliphatic rings. The molecule has 15 heavy (non-hydrogen) atoms. The molecule has 0 aliphatic carbocycles. The summed E-state index contributed by atoms with van der Waals surface area (Å²) in [5.74, 6) is 0. The van der Waals surface area contributed by atoms with E-state index in [1.807, 2.05) is 34.6 Å². The molecule has 1 aromatic carbocycles. The van der Waals surface area contributed by atoms with Gasteiger partial charge in [-0.3, -0.25) is 0 Å². The van der Waals surface area contributed by atoms with Crippen molar-refractivity contribution >= 4 is 6.08 Å². The second-order valence-corrected chi connectivity index (χ2v) is 3.97. The monoisotopic (exact) mass is 210 g/mol. The zero-order chi connectivity index (χ0) is 11.7. The van der Waals surface area contributed by atoms with Crippen molar-refractivity contribution < 1.29 is 8.78 Å². The molecule has 0 aromatic heterocycles. The van der Waals surface area contributed by atoms with Crippen LogP contribution in [0.2, 0.25) is 0 Å². The van der Waals surface area contributed by atoms with Crippen LogP contribution in [0, 0.1) is 34.6 Å². The predicted octanol–water partition coefficient (Wildman–Crippen LogP) is 4.47. The molecule has 0 saturated carbocycles. The zero-order valence-electron chi connectivity index (χ0n) is 9.83. The maximum absolute atomic E-state index is 12.3. The van der Waals surface area contributed by atoms with E-state index >= 15 is 0 Å². The van der Waals surface area contributed by atoms with E-state index in [4.69, 9.17) is 0 Å². The molecule has 0 atom stereocenters. The van der Waals surface area contributed by atoms with Crippen molar-refractivity contribution in [3.05, 3.63) is 39.5 Å². The molecule has 0 nitrogen and oxygen atoms in total. The van der Waals surface area contributed by atoms with Gasteiger partial charge in [-0.25, -0.2) is 0 Å². The smallest absolute Gasteiger partial charge is 0.173 e. The summed E-state index contributed by atoms with van der Waals surface area (Å²) in [7, 11) is 0. The van der Waals surface area contributed by atoms with Crippen LogP contribution in [0.3, 0.4) is 0 Å². The summed E-state index contributed by atoms with van der Waals surface area (Å²) < 4.78 is 24.6. The van der Waals surface area contributed by atoms with Gasteiger partial charge < -0.3 is 0 Å². The Morgan fingerprint density at radius 3 is 1.40 bits per heavy atom. The highest BCUT2D eigenvalue weighted by Gasteiger charge is 2.11. The van der Waals surface area contributed by atoms with Gasteiger partial charge in [-0.05, 0) is 68.0 Å². The molecule has 1 aromatic rings. The van der Waals surface area contributed by atoms with E-state index in [0.29, 0.717) is 5.56 Å². The van der Waals surface area contributed by atoms with Crippen molar-refractivity contribution in [2.75, 3.05) is 0 Å². The van der Waals surface area contributed by atoms with Gasteiger partial charge in [0.2, 0.25) is 0 Å². The van der Waals surface area contributed by atoms with Crippen LogP contribution in [-0.2, 0) is 0 Å². The van der Waals surface area contributed by atoms with E-state index in [1.165, 1.54) is 5.56 Å². The molecule has 0 amide bonds. The molecule has 0 N–H and O–H groups in total. The van der Waals surface area contributed by atoms with Crippen molar-refractivity contribution in [3.63, 3.8) is 0 Å². The number of benzene rings is 1. The normalized spacial score (nSPS) is 10.3. The van der Waals surface area contributed by atoms with Gasteiger partial charge in [-0.2, -0.15) is 8.78 Å². The first-order valence-corrected chi connectivity index (χ1v) is 4.96. The summed E-state index contributed by atoms with van der Waals surface area (Å²) >= 11 is 0. The molecule has 1 rings (SSSR count). The van der Waals surface area contributed by atoms with Crippen LogP contribution in [0.1, 0.15) is 33.4 Å². The van der Waals surface area contributed by atoms with E-state index in [1.54, 1.807) is 0 Å². The van der Waals surface area contributed by atoms with Crippen molar-refractivity contribution in [3.8, 4) is 0 Å². The average molecular weight is 210 g/mol. The summed E-state index contributed by atoms with van der Waals surface area (Å²) in [5, 5.41) is 0. The van der Waals surface area contributed by atoms with Crippen LogP contribution in [-0.4, -0.2) is 0 Å². The van der Waals surface area contributed by atoms with Crippen LogP contribution in [0.15, 0.2) is 6.08 Å². The van der Waals surface area contributed by atoms with Crippen molar-refractivity contribution in [1.29, 1.82) is 0 Å². The van der Waals surface area contributed by atoms with Crippen molar-refractivity contribution in [1.82, 2.24) is 0 Å². The Morgan fingerprint density at radius 2 is 1.07 bits per heavy atom. The molecule has 0 radical (unpaired) electrons. The number of rotatable bonds is 1. The molecule has 0 unspecified atom stereocenters. The van der Waals surface area contributed by atoms with E-state index < -0.39 is 6.08 Å². The highest BCUT2D eigenvalue weighted by atomic mass is 19.3. The molecule has 0 spiro atoms. The van der Waals surface area contributed by atoms with E-state index in [2.05, 4.69) is 0 Å². The summed E-state index contributed by atoms with van der Waals surface area (Å²) in [6.45, 7) is 9.77. The minimum Gasteiger partial charge on any atom is -0.173 e. The first kappa shape index (κ1) is 11.9. The van der Waals surface area contributed by atoms with Gasteiger partial charge in [-0.15, -0.1) is 0 Å². The minimum absolute atomic E-state index is 0.663. The van der Waals surface area contributed by atoms with Crippen LogP contribution in [0.5, 0.6) is 0 Å². The Morgan fingerprint density at radius 1 is 0.733 bits per heavy atom. The lowest BCUT2D eigenvalue weighted by Gasteiger charge is -2.16. The molecule has 0 aliphatic heterocycles. The highest BCUT2D eigenvalue weighted by molar-refractivity contribution is 5.63. The first-order valence-electron chi connectivity index (χ1n) is 4.96. The largest absolute Gasteiger partial charge is 0.270 e. The fourth-order valence-corrected chi connectivity index (χ4v) is 1.85. The number of hydrogen-bond acceptors (Lipinski definition) is 0. The molecule has 0 bridgehead atoms. The van der Waals surface area contributed by atoms with Crippen LogP contribution in [0.4, 0.5) is 8.78 Å². The van der Waals surface area contributed by atoms with Crippen molar-refractivity contribution in [2.24, 2.45) is 0 Å². The lowest BCUT2D eigenvalue weighted by Crippen LogP contribution is -1.99. The Hall–Kier alpha value is -1.18. The lowest BCUT2D eigenvalue weighted by atomic mass is 9.90. The van der Waals surface area contributed by atoms with Gasteiger partial charge >= 0.3 is 0 Å². The Labute approximate surface area is 89.6 Å². The molecule has 0 fully saturated rings. The molecule has 0 heterocycles. The van der Waals surface area contributed by atoms with Crippen molar-refractivity contribution in [2.45, 2.75) is 34.6 Å². The molecule has 82 valence electrons. The van der Waals surface area contributed by atoms with E-state index in [0.717, 1.165) is 28.3 Å². The summed E-state index contributed by atoms with van der Waals surface area (Å²) in [6.07, 6.45) is -0.673. The van der Waals surface area contributed by atoms with Gasteiger partial charge in [0, 0.05) is 6.08 Å². The SMILES string of the molecule is Cc1c(C)c(C)c(C=C(F)F)c(C)c1C. The Balaban J connectivity index is 3.60. The van der Waals surface area contributed by atoms with Gasteiger partial charge in [0.25, 0.3) is 6.08 Å². The zero-order valence-corrected chi connectivity index (χ0v) is 9.83. The van der Waals surface area contributed by atoms with Gasteiger partial charge in [0.1, 0.15) is 0 Å². The summed E-state index contributed by atoms with van der Waals surface area (Å²) in [5.41, 5.74) is 5.96. The lowest BCUT2D eigenvalue weighted by molar-refractivity contribution is 0.429.